The molecule has 2 aliphatic carbocycles. The second-order valence-corrected chi connectivity index (χ2v) is 9.01. The molecule has 2 rings (SSSR count). The smallest absolute Gasteiger partial charge is 0.311 e. The molecule has 0 radical (unpaired) electrons. The Hall–Kier alpha value is -1.16. The number of carbonyl (C=O) groups excluding carboxylic acids is 2. The summed E-state index contributed by atoms with van der Waals surface area (Å²) in [5, 5.41) is 10.2. The van der Waals surface area contributed by atoms with Gasteiger partial charge in [0.2, 0.25) is 0 Å². The highest BCUT2D eigenvalue weighted by atomic mass is 16.5. The van der Waals surface area contributed by atoms with Crippen molar-refractivity contribution in [2.75, 3.05) is 6.61 Å². The van der Waals surface area contributed by atoms with Crippen LogP contribution in [0.5, 0.6) is 0 Å². The number of carbonyl (C=O) groups is 2. The number of aliphatic hydroxyl groups excluding tert-OH is 1. The Morgan fingerprint density at radius 3 is 2.50 bits per heavy atom. The molecule has 0 saturated heterocycles. The number of ether oxygens (including phenoxy) is 1. The highest BCUT2D eigenvalue weighted by Crippen LogP contribution is 2.50. The van der Waals surface area contributed by atoms with E-state index in [4.69, 9.17) is 4.74 Å². The second kappa shape index (κ2) is 6.62. The topological polar surface area (TPSA) is 63.6 Å². The summed E-state index contributed by atoms with van der Waals surface area (Å²) in [6.07, 6.45) is 2.90. The van der Waals surface area contributed by atoms with Gasteiger partial charge < -0.3 is 9.84 Å². The van der Waals surface area contributed by atoms with E-state index in [2.05, 4.69) is 6.92 Å². The molecular formula is C20H32O4. The zero-order valence-electron chi connectivity index (χ0n) is 15.9. The van der Waals surface area contributed by atoms with Crippen LogP contribution in [0.1, 0.15) is 67.2 Å². The third-order valence-corrected chi connectivity index (χ3v) is 5.83. The van der Waals surface area contributed by atoms with Gasteiger partial charge in [0.25, 0.3) is 0 Å². The number of aliphatic hydroxyl groups is 1. The highest BCUT2D eigenvalue weighted by molar-refractivity contribution is 6.00. The zero-order chi connectivity index (χ0) is 18.3. The van der Waals surface area contributed by atoms with Crippen LogP contribution >= 0.6 is 0 Å². The Bertz CT molecular complexity index is 554. The summed E-state index contributed by atoms with van der Waals surface area (Å²) in [6.45, 7) is 11.8. The zero-order valence-corrected chi connectivity index (χ0v) is 15.9. The van der Waals surface area contributed by atoms with Gasteiger partial charge in [-0.25, -0.2) is 0 Å². The van der Waals surface area contributed by atoms with E-state index in [9.17, 15) is 14.7 Å². The van der Waals surface area contributed by atoms with Gasteiger partial charge in [-0.05, 0) is 64.4 Å². The molecule has 0 amide bonds. The quantitative estimate of drug-likeness (QED) is 0.799. The van der Waals surface area contributed by atoms with Gasteiger partial charge in [0.1, 0.15) is 0 Å². The number of rotatable bonds is 3. The van der Waals surface area contributed by atoms with Crippen LogP contribution in [-0.4, -0.2) is 29.6 Å². The molecule has 0 unspecified atom stereocenters. The Kier molecular flexibility index (Phi) is 5.29. The van der Waals surface area contributed by atoms with E-state index in [0.29, 0.717) is 0 Å². The molecule has 1 saturated carbocycles. The fourth-order valence-electron chi connectivity index (χ4n) is 4.05. The molecule has 0 aromatic carbocycles. The molecule has 4 atom stereocenters. The predicted molar refractivity (Wildman–Crippen MR) is 93.4 cm³/mol. The minimum Gasteiger partial charge on any atom is -0.465 e. The molecule has 0 aromatic heterocycles. The van der Waals surface area contributed by atoms with Crippen molar-refractivity contribution >= 4 is 11.8 Å². The maximum atomic E-state index is 13.1. The number of hydrogen-bond donors (Lipinski definition) is 1. The third-order valence-electron chi connectivity index (χ3n) is 5.83. The number of esters is 1. The number of ketones is 1. The fraction of sp³-hybridized carbons (Fsp3) is 0.800. The normalized spacial score (nSPS) is 32.4. The van der Waals surface area contributed by atoms with Crippen molar-refractivity contribution in [3.05, 3.63) is 11.1 Å². The Labute approximate surface area is 145 Å². The molecule has 1 fully saturated rings. The van der Waals surface area contributed by atoms with Crippen molar-refractivity contribution in [1.82, 2.24) is 0 Å². The van der Waals surface area contributed by atoms with E-state index in [-0.39, 0.29) is 35.6 Å². The van der Waals surface area contributed by atoms with Gasteiger partial charge >= 0.3 is 5.97 Å². The van der Waals surface area contributed by atoms with Crippen molar-refractivity contribution in [2.45, 2.75) is 73.3 Å². The first kappa shape index (κ1) is 19.2. The Morgan fingerprint density at radius 2 is 1.92 bits per heavy atom. The van der Waals surface area contributed by atoms with E-state index >= 15 is 0 Å². The minimum atomic E-state index is -0.526. The van der Waals surface area contributed by atoms with Crippen LogP contribution < -0.4 is 0 Å². The number of fused-ring (bicyclic) bond motifs is 1. The van der Waals surface area contributed by atoms with Crippen LogP contribution in [0.2, 0.25) is 0 Å². The van der Waals surface area contributed by atoms with Crippen LogP contribution in [0.25, 0.3) is 0 Å². The van der Waals surface area contributed by atoms with Crippen LogP contribution in [-0.2, 0) is 14.3 Å². The lowest BCUT2D eigenvalue weighted by atomic mass is 9.59. The molecule has 136 valence electrons. The molecule has 0 heterocycles. The van der Waals surface area contributed by atoms with Crippen LogP contribution in [0.4, 0.5) is 0 Å². The van der Waals surface area contributed by atoms with Gasteiger partial charge in [0.15, 0.2) is 5.78 Å². The van der Waals surface area contributed by atoms with E-state index in [1.165, 1.54) is 0 Å². The van der Waals surface area contributed by atoms with Gasteiger partial charge in [0, 0.05) is 17.4 Å². The first-order valence-corrected chi connectivity index (χ1v) is 9.08. The van der Waals surface area contributed by atoms with Gasteiger partial charge in [-0.1, -0.05) is 13.8 Å². The van der Waals surface area contributed by atoms with E-state index in [0.717, 1.165) is 36.8 Å². The first-order valence-electron chi connectivity index (χ1n) is 9.08. The molecule has 0 aliphatic heterocycles. The van der Waals surface area contributed by atoms with Gasteiger partial charge in [-0.15, -0.1) is 0 Å². The summed E-state index contributed by atoms with van der Waals surface area (Å²) in [5.74, 6) is -0.209. The monoisotopic (exact) mass is 336 g/mol. The third kappa shape index (κ3) is 3.58. The molecular weight excluding hydrogens is 304 g/mol. The second-order valence-electron chi connectivity index (χ2n) is 9.01. The van der Waals surface area contributed by atoms with Gasteiger partial charge in [0.05, 0.1) is 18.1 Å². The van der Waals surface area contributed by atoms with Gasteiger partial charge in [-0.2, -0.15) is 0 Å². The molecule has 24 heavy (non-hydrogen) atoms. The lowest BCUT2D eigenvalue weighted by molar-refractivity contribution is -0.155. The molecule has 1 N–H and O–H groups in total. The lowest BCUT2D eigenvalue weighted by Crippen LogP contribution is -2.43. The van der Waals surface area contributed by atoms with Crippen molar-refractivity contribution < 1.29 is 19.4 Å². The van der Waals surface area contributed by atoms with Crippen molar-refractivity contribution in [1.29, 1.82) is 0 Å². The average Bonchev–Trinajstić information content (AvgIpc) is 2.48. The van der Waals surface area contributed by atoms with Crippen molar-refractivity contribution in [3.8, 4) is 0 Å². The standard InChI is InChI=1S/C20H32O4/c1-12(11-24-18(23)19(3,4)5)14-7-9-20(6)10-8-15(21)13(2)16(20)17(14)22/h12,14-15,21H,7-11H2,1-6H3/t12-,14+,15+,20+/m1/s1. The number of hydrogen-bond acceptors (Lipinski definition) is 4. The molecule has 0 aromatic rings. The maximum Gasteiger partial charge on any atom is 0.311 e. The largest absolute Gasteiger partial charge is 0.465 e. The summed E-state index contributed by atoms with van der Waals surface area (Å²) in [4.78, 5) is 25.1. The first-order chi connectivity index (χ1) is 11.0. The predicted octanol–water partition coefficient (Wildman–Crippen LogP) is 3.67. The van der Waals surface area contributed by atoms with Crippen molar-refractivity contribution in [2.24, 2.45) is 22.7 Å². The number of Topliss-reactive ketones (excluding diaryl/α,β-unsaturated/α-hetero) is 1. The average molecular weight is 336 g/mol. The molecule has 0 spiro atoms. The lowest BCUT2D eigenvalue weighted by Gasteiger charge is -2.45. The summed E-state index contributed by atoms with van der Waals surface area (Å²) >= 11 is 0. The SMILES string of the molecule is CC1=C2C(=O)[C@H]([C@H](C)COC(=O)C(C)(C)C)CC[C@@]2(C)CC[C@@H]1O. The summed E-state index contributed by atoms with van der Waals surface area (Å²) in [7, 11) is 0. The van der Waals surface area contributed by atoms with Crippen LogP contribution in [0.3, 0.4) is 0 Å². The molecule has 0 bridgehead atoms. The molecule has 2 aliphatic rings. The highest BCUT2D eigenvalue weighted by Gasteiger charge is 2.46. The van der Waals surface area contributed by atoms with Crippen LogP contribution in [0.15, 0.2) is 11.1 Å². The fourth-order valence-corrected chi connectivity index (χ4v) is 4.05. The summed E-state index contributed by atoms with van der Waals surface area (Å²) in [5.41, 5.74) is 1.06. The van der Waals surface area contributed by atoms with E-state index in [1.807, 2.05) is 34.6 Å². The van der Waals surface area contributed by atoms with Crippen LogP contribution in [0, 0.1) is 22.7 Å². The van der Waals surface area contributed by atoms with E-state index < -0.39 is 11.5 Å². The summed E-state index contributed by atoms with van der Waals surface area (Å²) < 4.78 is 5.42. The Morgan fingerprint density at radius 1 is 1.33 bits per heavy atom. The van der Waals surface area contributed by atoms with Gasteiger partial charge in [-0.3, -0.25) is 9.59 Å². The molecule has 4 nitrogen and oxygen atoms in total. The minimum absolute atomic E-state index is 0.00674. The molecule has 4 heteroatoms. The van der Waals surface area contributed by atoms with E-state index in [1.54, 1.807) is 0 Å². The van der Waals surface area contributed by atoms with Crippen molar-refractivity contribution in [3.63, 3.8) is 0 Å². The number of allylic oxidation sites excluding steroid dienone is 1. The summed E-state index contributed by atoms with van der Waals surface area (Å²) in [6, 6.07) is 0. The maximum absolute atomic E-state index is 13.1. The Balaban J connectivity index is 2.12.